The molecule has 2 aromatic rings. The number of anilines is 1. The zero-order valence-electron chi connectivity index (χ0n) is 8.75. The van der Waals surface area contributed by atoms with Crippen molar-refractivity contribution < 1.29 is 13.1 Å². The number of rotatable bonds is 3. The zero-order chi connectivity index (χ0) is 13.0. The number of nitrogens with one attached hydrogen (secondary N) is 1. The third-order valence-electron chi connectivity index (χ3n) is 1.93. The lowest BCUT2D eigenvalue weighted by atomic mass is 10.2. The molecule has 0 saturated carbocycles. The molecule has 0 aliphatic heterocycles. The molecule has 1 heterocycles. The number of carbonyl (C=O) groups excluding carboxylic acids is 1. The summed E-state index contributed by atoms with van der Waals surface area (Å²) in [5, 5.41) is 17.6. The second kappa shape index (κ2) is 5.29. The average molecular weight is 264 g/mol. The molecule has 0 aliphatic carbocycles. The highest BCUT2D eigenvalue weighted by atomic mass is 32.2. The predicted molar refractivity (Wildman–Crippen MR) is 60.4 cm³/mol. The molecule has 0 bridgehead atoms. The van der Waals surface area contributed by atoms with Gasteiger partial charge in [0.25, 0.3) is 5.91 Å². The van der Waals surface area contributed by atoms with Crippen LogP contribution in [0.4, 0.5) is 9.90 Å². The number of aromatic nitrogens is 2. The minimum atomic E-state index is -0.529. The Kier molecular flexibility index (Phi) is 3.54. The van der Waals surface area contributed by atoms with Crippen molar-refractivity contribution in [2.45, 2.75) is 4.90 Å². The Bertz CT molecular complexity index is 622. The SMILES string of the molecule is N#Cc1nnc(NC(=O)c2cccc(SF)c2)o1. The molecule has 8 heteroatoms. The molecule has 0 radical (unpaired) electrons. The quantitative estimate of drug-likeness (QED) is 0.913. The molecule has 2 rings (SSSR count). The Balaban J connectivity index is 2.14. The first kappa shape index (κ1) is 12.1. The van der Waals surface area contributed by atoms with Gasteiger partial charge in [-0.15, -0.1) is 0 Å². The number of benzene rings is 1. The maximum Gasteiger partial charge on any atom is 0.323 e. The van der Waals surface area contributed by atoms with Gasteiger partial charge in [-0.1, -0.05) is 16.3 Å². The number of hydrogen-bond acceptors (Lipinski definition) is 6. The highest BCUT2D eigenvalue weighted by molar-refractivity contribution is 7.94. The van der Waals surface area contributed by atoms with Crippen LogP contribution in [0.1, 0.15) is 16.2 Å². The molecule has 0 spiro atoms. The molecule has 0 atom stereocenters. The second-order valence-electron chi connectivity index (χ2n) is 3.08. The number of carbonyl (C=O) groups is 1. The van der Waals surface area contributed by atoms with E-state index in [1.165, 1.54) is 18.2 Å². The lowest BCUT2D eigenvalue weighted by Crippen LogP contribution is -2.12. The Labute approximate surface area is 105 Å². The van der Waals surface area contributed by atoms with Crippen LogP contribution >= 0.6 is 12.1 Å². The number of amides is 1. The van der Waals surface area contributed by atoms with Crippen LogP contribution in [0.15, 0.2) is 33.6 Å². The maximum absolute atomic E-state index is 12.4. The number of nitrogens with zero attached hydrogens (tertiary/aromatic N) is 3. The van der Waals surface area contributed by atoms with E-state index < -0.39 is 5.91 Å². The lowest BCUT2D eigenvalue weighted by Gasteiger charge is -2.01. The van der Waals surface area contributed by atoms with E-state index in [1.54, 1.807) is 12.1 Å². The average Bonchev–Trinajstić information content (AvgIpc) is 2.86. The van der Waals surface area contributed by atoms with Gasteiger partial charge in [0.15, 0.2) is 6.07 Å². The van der Waals surface area contributed by atoms with E-state index in [0.29, 0.717) is 4.90 Å². The Hall–Kier alpha value is -2.40. The Morgan fingerprint density at radius 1 is 1.50 bits per heavy atom. The molecule has 1 N–H and O–H groups in total. The number of halogens is 1. The van der Waals surface area contributed by atoms with Crippen LogP contribution in [0.2, 0.25) is 0 Å². The van der Waals surface area contributed by atoms with Crippen LogP contribution in [0.25, 0.3) is 0 Å². The van der Waals surface area contributed by atoms with Gasteiger partial charge in [0.05, 0.1) is 12.1 Å². The molecule has 18 heavy (non-hydrogen) atoms. The van der Waals surface area contributed by atoms with Crippen LogP contribution in [0.3, 0.4) is 0 Å². The minimum Gasteiger partial charge on any atom is -0.394 e. The van der Waals surface area contributed by atoms with Crippen molar-refractivity contribution in [1.29, 1.82) is 5.26 Å². The third kappa shape index (κ3) is 2.64. The summed E-state index contributed by atoms with van der Waals surface area (Å²) in [6, 6.07) is 7.41. The van der Waals surface area contributed by atoms with Gasteiger partial charge < -0.3 is 4.42 Å². The Morgan fingerprint density at radius 3 is 3.00 bits per heavy atom. The summed E-state index contributed by atoms with van der Waals surface area (Å²) in [5.41, 5.74) is 0.245. The van der Waals surface area contributed by atoms with E-state index in [-0.39, 0.29) is 29.6 Å². The van der Waals surface area contributed by atoms with E-state index in [2.05, 4.69) is 15.5 Å². The van der Waals surface area contributed by atoms with E-state index in [4.69, 9.17) is 9.68 Å². The van der Waals surface area contributed by atoms with Crippen LogP contribution in [-0.2, 0) is 0 Å². The number of nitriles is 1. The molecule has 90 valence electrons. The van der Waals surface area contributed by atoms with E-state index in [1.807, 2.05) is 0 Å². The standard InChI is InChI=1S/C10H5FN4O2S/c11-18-7-3-1-2-6(4-7)9(16)13-10-15-14-8(5-12)17-10/h1-4H,(H,13,15,16). The summed E-state index contributed by atoms with van der Waals surface area (Å²) >= 11 is 0.0399. The molecular formula is C10H5FN4O2S. The Morgan fingerprint density at radius 2 is 2.33 bits per heavy atom. The van der Waals surface area contributed by atoms with E-state index >= 15 is 0 Å². The molecular weight excluding hydrogens is 259 g/mol. The van der Waals surface area contributed by atoms with Crippen LogP contribution in [0.5, 0.6) is 0 Å². The molecule has 1 aromatic carbocycles. The topological polar surface area (TPSA) is 91.8 Å². The molecule has 0 unspecified atom stereocenters. The highest BCUT2D eigenvalue weighted by Crippen LogP contribution is 2.20. The van der Waals surface area contributed by atoms with Crippen molar-refractivity contribution >= 4 is 24.1 Å². The van der Waals surface area contributed by atoms with Gasteiger partial charge in [0.1, 0.15) is 0 Å². The summed E-state index contributed by atoms with van der Waals surface area (Å²) in [4.78, 5) is 12.0. The molecule has 1 amide bonds. The molecule has 0 aliphatic rings. The van der Waals surface area contributed by atoms with Crippen molar-refractivity contribution in [2.24, 2.45) is 0 Å². The van der Waals surface area contributed by atoms with Crippen molar-refractivity contribution in [3.8, 4) is 6.07 Å². The lowest BCUT2D eigenvalue weighted by molar-refractivity contribution is 0.102. The summed E-state index contributed by atoms with van der Waals surface area (Å²) in [6.45, 7) is 0. The monoisotopic (exact) mass is 264 g/mol. The third-order valence-corrected chi connectivity index (χ3v) is 2.36. The second-order valence-corrected chi connectivity index (χ2v) is 3.71. The summed E-state index contributed by atoms with van der Waals surface area (Å²) in [7, 11) is 0. The van der Waals surface area contributed by atoms with Gasteiger partial charge >= 0.3 is 11.9 Å². The van der Waals surface area contributed by atoms with Gasteiger partial charge in [0.2, 0.25) is 0 Å². The van der Waals surface area contributed by atoms with Gasteiger partial charge in [-0.25, -0.2) is 0 Å². The number of hydrogen-bond donors (Lipinski definition) is 1. The maximum atomic E-state index is 12.4. The molecule has 6 nitrogen and oxygen atoms in total. The van der Waals surface area contributed by atoms with Gasteiger partial charge in [0, 0.05) is 10.5 Å². The first-order valence-corrected chi connectivity index (χ1v) is 5.38. The molecule has 0 saturated heterocycles. The molecule has 0 fully saturated rings. The first-order valence-electron chi connectivity index (χ1n) is 4.66. The molecule has 1 aromatic heterocycles. The largest absolute Gasteiger partial charge is 0.394 e. The van der Waals surface area contributed by atoms with E-state index in [9.17, 15) is 8.68 Å². The van der Waals surface area contributed by atoms with Crippen molar-refractivity contribution in [3.63, 3.8) is 0 Å². The normalized spacial score (nSPS) is 9.78. The van der Waals surface area contributed by atoms with Crippen LogP contribution in [0, 0.1) is 11.3 Å². The fourth-order valence-electron chi connectivity index (χ4n) is 1.17. The minimum absolute atomic E-state index is 0.0399. The van der Waals surface area contributed by atoms with Gasteiger partial charge in [-0.3, -0.25) is 10.1 Å². The van der Waals surface area contributed by atoms with Crippen LogP contribution < -0.4 is 5.32 Å². The van der Waals surface area contributed by atoms with Crippen molar-refractivity contribution in [2.75, 3.05) is 5.32 Å². The summed E-state index contributed by atoms with van der Waals surface area (Å²) in [5.74, 6) is -0.780. The smallest absolute Gasteiger partial charge is 0.323 e. The van der Waals surface area contributed by atoms with Crippen molar-refractivity contribution in [1.82, 2.24) is 10.2 Å². The van der Waals surface area contributed by atoms with Gasteiger partial charge in [-0.2, -0.15) is 9.15 Å². The fourth-order valence-corrected chi connectivity index (χ4v) is 1.48. The summed E-state index contributed by atoms with van der Waals surface area (Å²) < 4.78 is 17.1. The predicted octanol–water partition coefficient (Wildman–Crippen LogP) is 2.17. The first-order chi connectivity index (χ1) is 8.72. The fraction of sp³-hybridized carbons (Fsp3) is 0. The van der Waals surface area contributed by atoms with Crippen LogP contribution in [-0.4, -0.2) is 16.1 Å². The summed E-state index contributed by atoms with van der Waals surface area (Å²) in [6.07, 6.45) is 0. The van der Waals surface area contributed by atoms with Gasteiger partial charge in [-0.05, 0) is 18.2 Å². The van der Waals surface area contributed by atoms with Crippen molar-refractivity contribution in [3.05, 3.63) is 35.7 Å². The highest BCUT2D eigenvalue weighted by Gasteiger charge is 2.11. The zero-order valence-corrected chi connectivity index (χ0v) is 9.57. The van der Waals surface area contributed by atoms with E-state index in [0.717, 1.165) is 0 Å².